The summed E-state index contributed by atoms with van der Waals surface area (Å²) in [5, 5.41) is 6.28. The van der Waals surface area contributed by atoms with E-state index in [1.54, 1.807) is 32.3 Å². The largest absolute Gasteiger partial charge is 0.348 e. The van der Waals surface area contributed by atoms with Crippen molar-refractivity contribution in [3.05, 3.63) is 28.2 Å². The minimum absolute atomic E-state index is 0.0576. The normalized spacial score (nSPS) is 14.5. The number of hydrogen-bond acceptors (Lipinski definition) is 3. The van der Waals surface area contributed by atoms with Gasteiger partial charge < -0.3 is 20.4 Å². The van der Waals surface area contributed by atoms with Crippen LogP contribution in [0.25, 0.3) is 0 Å². The number of benzene rings is 1. The highest BCUT2D eigenvalue weighted by Gasteiger charge is 2.25. The van der Waals surface area contributed by atoms with Crippen LogP contribution >= 0.6 is 23.2 Å². The van der Waals surface area contributed by atoms with Crippen molar-refractivity contribution >= 4 is 46.6 Å². The van der Waals surface area contributed by atoms with Crippen molar-refractivity contribution in [2.75, 3.05) is 39.0 Å². The number of amides is 3. The summed E-state index contributed by atoms with van der Waals surface area (Å²) in [6, 6.07) is 5.06. The molecule has 0 saturated heterocycles. The Bertz CT molecular complexity index is 695. The van der Waals surface area contributed by atoms with Crippen LogP contribution < -0.4 is 15.5 Å². The summed E-state index contributed by atoms with van der Waals surface area (Å²) in [7, 11) is 3.32. The van der Waals surface area contributed by atoms with Crippen molar-refractivity contribution in [2.45, 2.75) is 18.9 Å². The summed E-state index contributed by atoms with van der Waals surface area (Å²) in [4.78, 5) is 38.1. The summed E-state index contributed by atoms with van der Waals surface area (Å²) >= 11 is 11.7. The van der Waals surface area contributed by atoms with Crippen LogP contribution in [-0.2, 0) is 14.4 Å². The number of nitrogens with zero attached hydrogens (tertiary/aromatic N) is 1. The molecular weight excluding hydrogens is 379 g/mol. The summed E-state index contributed by atoms with van der Waals surface area (Å²) in [6.45, 7) is 0.265. The van der Waals surface area contributed by atoms with Crippen LogP contribution in [0.1, 0.15) is 12.8 Å². The summed E-state index contributed by atoms with van der Waals surface area (Å²) in [6.07, 6.45) is 2.06. The number of nitrogens with one attached hydrogen (secondary N) is 3. The van der Waals surface area contributed by atoms with Gasteiger partial charge in [0.15, 0.2) is 13.1 Å². The van der Waals surface area contributed by atoms with Gasteiger partial charge >= 0.3 is 0 Å². The van der Waals surface area contributed by atoms with Gasteiger partial charge in [0.1, 0.15) is 0 Å². The smallest absolute Gasteiger partial charge is 0.277 e. The first-order valence-corrected chi connectivity index (χ1v) is 9.09. The van der Waals surface area contributed by atoms with E-state index in [4.69, 9.17) is 23.2 Å². The molecule has 0 spiro atoms. The molecular formula is C17H23Cl2N4O3+. The molecule has 1 saturated carbocycles. The first-order chi connectivity index (χ1) is 12.2. The summed E-state index contributed by atoms with van der Waals surface area (Å²) < 4.78 is 0. The number of quaternary nitrogens is 1. The minimum Gasteiger partial charge on any atom is -0.348 e. The van der Waals surface area contributed by atoms with E-state index in [1.165, 1.54) is 4.90 Å². The molecule has 1 aromatic rings. The van der Waals surface area contributed by atoms with E-state index in [9.17, 15) is 14.4 Å². The zero-order chi connectivity index (χ0) is 19.3. The molecule has 1 unspecified atom stereocenters. The molecule has 1 aliphatic carbocycles. The number of carbonyl (C=O) groups excluding carboxylic acids is 3. The molecule has 9 heteroatoms. The molecule has 0 heterocycles. The average molecular weight is 402 g/mol. The van der Waals surface area contributed by atoms with Crippen molar-refractivity contribution in [3.8, 4) is 0 Å². The third-order valence-corrected chi connectivity index (χ3v) is 4.61. The summed E-state index contributed by atoms with van der Waals surface area (Å²) in [5.74, 6) is -0.618. The maximum atomic E-state index is 12.2. The molecule has 0 aliphatic heterocycles. The first kappa shape index (κ1) is 20.5. The highest BCUT2D eigenvalue weighted by atomic mass is 35.5. The van der Waals surface area contributed by atoms with Gasteiger partial charge in [0, 0.05) is 18.8 Å². The Morgan fingerprint density at radius 3 is 2.46 bits per heavy atom. The maximum absolute atomic E-state index is 12.2. The lowest BCUT2D eigenvalue weighted by atomic mass is 10.3. The molecule has 2 rings (SSSR count). The monoisotopic (exact) mass is 401 g/mol. The fourth-order valence-electron chi connectivity index (χ4n) is 2.31. The van der Waals surface area contributed by atoms with Crippen molar-refractivity contribution in [3.63, 3.8) is 0 Å². The second kappa shape index (κ2) is 9.21. The Balaban J connectivity index is 1.74. The molecule has 0 radical (unpaired) electrons. The van der Waals surface area contributed by atoms with Crippen molar-refractivity contribution in [1.82, 2.24) is 10.2 Å². The SMILES string of the molecule is CN(CC(=O)Nc1ccc(Cl)c(Cl)c1)C(=O)C[NH+](C)CC(=O)NC1CC1. The van der Waals surface area contributed by atoms with Crippen LogP contribution in [0.3, 0.4) is 0 Å². The molecule has 1 aromatic carbocycles. The summed E-state index contributed by atoms with van der Waals surface area (Å²) in [5.41, 5.74) is 0.504. The van der Waals surface area contributed by atoms with Gasteiger partial charge in [0.25, 0.3) is 11.8 Å². The maximum Gasteiger partial charge on any atom is 0.277 e. The highest BCUT2D eigenvalue weighted by Crippen LogP contribution is 2.24. The van der Waals surface area contributed by atoms with E-state index < -0.39 is 0 Å². The zero-order valence-electron chi connectivity index (χ0n) is 14.8. The highest BCUT2D eigenvalue weighted by molar-refractivity contribution is 6.42. The van der Waals surface area contributed by atoms with Gasteiger partial charge in [-0.1, -0.05) is 23.2 Å². The predicted octanol–water partition coefficient (Wildman–Crippen LogP) is 0.184. The van der Waals surface area contributed by atoms with E-state index in [-0.39, 0.29) is 37.4 Å². The van der Waals surface area contributed by atoms with Crippen LogP contribution in [0.4, 0.5) is 5.69 Å². The van der Waals surface area contributed by atoms with Gasteiger partial charge in [0.2, 0.25) is 5.91 Å². The number of likely N-dealkylation sites (N-methyl/N-ethyl adjacent to an activating group) is 2. The lowest BCUT2D eigenvalue weighted by Crippen LogP contribution is -3.11. The molecule has 142 valence electrons. The second-order valence-electron chi connectivity index (χ2n) is 6.58. The van der Waals surface area contributed by atoms with Gasteiger partial charge in [-0.3, -0.25) is 14.4 Å². The van der Waals surface area contributed by atoms with E-state index in [2.05, 4.69) is 10.6 Å². The van der Waals surface area contributed by atoms with Gasteiger partial charge in [-0.15, -0.1) is 0 Å². The van der Waals surface area contributed by atoms with Crippen LogP contribution in [-0.4, -0.2) is 62.4 Å². The fraction of sp³-hybridized carbons (Fsp3) is 0.471. The molecule has 1 fully saturated rings. The second-order valence-corrected chi connectivity index (χ2v) is 7.39. The fourth-order valence-corrected chi connectivity index (χ4v) is 2.61. The molecule has 26 heavy (non-hydrogen) atoms. The Morgan fingerprint density at radius 1 is 1.15 bits per heavy atom. The molecule has 1 atom stereocenters. The lowest BCUT2D eigenvalue weighted by Gasteiger charge is -2.19. The first-order valence-electron chi connectivity index (χ1n) is 8.34. The van der Waals surface area contributed by atoms with E-state index >= 15 is 0 Å². The number of halogens is 2. The quantitative estimate of drug-likeness (QED) is 0.581. The Labute approximate surface area is 162 Å². The number of hydrogen-bond donors (Lipinski definition) is 3. The van der Waals surface area contributed by atoms with Gasteiger partial charge in [-0.2, -0.15) is 0 Å². The molecule has 7 nitrogen and oxygen atoms in total. The van der Waals surface area contributed by atoms with Gasteiger partial charge in [0.05, 0.1) is 23.6 Å². The third kappa shape index (κ3) is 6.82. The van der Waals surface area contributed by atoms with Crippen molar-refractivity contribution < 1.29 is 19.3 Å². The van der Waals surface area contributed by atoms with E-state index in [0.717, 1.165) is 17.7 Å². The molecule has 1 aliphatic rings. The van der Waals surface area contributed by atoms with Crippen LogP contribution in [0.2, 0.25) is 10.0 Å². The minimum atomic E-state index is -0.344. The lowest BCUT2D eigenvalue weighted by molar-refractivity contribution is -0.862. The van der Waals surface area contributed by atoms with E-state index in [1.807, 2.05) is 0 Å². The molecule has 0 aromatic heterocycles. The third-order valence-electron chi connectivity index (χ3n) is 3.87. The number of anilines is 1. The predicted molar refractivity (Wildman–Crippen MR) is 101 cm³/mol. The Hall–Kier alpha value is -1.83. The molecule has 3 amide bonds. The molecule has 3 N–H and O–H groups in total. The topological polar surface area (TPSA) is 83.0 Å². The van der Waals surface area contributed by atoms with Crippen LogP contribution in [0, 0.1) is 0 Å². The number of rotatable bonds is 8. The van der Waals surface area contributed by atoms with Gasteiger partial charge in [-0.05, 0) is 31.0 Å². The standard InChI is InChI=1S/C17H22Cl2N4O3/c1-22(8-15(24)20-11-3-4-11)10-17(26)23(2)9-16(25)21-12-5-6-13(18)14(19)7-12/h5-7,11H,3-4,8-10H2,1-2H3,(H,20,24)(H,21,25)/p+1. The van der Waals surface area contributed by atoms with Crippen LogP contribution in [0.15, 0.2) is 18.2 Å². The number of carbonyl (C=O) groups is 3. The Kier molecular flexibility index (Phi) is 7.25. The average Bonchev–Trinajstić information content (AvgIpc) is 3.34. The van der Waals surface area contributed by atoms with Crippen molar-refractivity contribution in [1.29, 1.82) is 0 Å². The zero-order valence-corrected chi connectivity index (χ0v) is 16.3. The molecule has 0 bridgehead atoms. The van der Waals surface area contributed by atoms with E-state index in [0.29, 0.717) is 21.8 Å². The van der Waals surface area contributed by atoms with Gasteiger partial charge in [-0.25, -0.2) is 0 Å². The van der Waals surface area contributed by atoms with Crippen LogP contribution in [0.5, 0.6) is 0 Å². The van der Waals surface area contributed by atoms with Crippen molar-refractivity contribution in [2.24, 2.45) is 0 Å². The Morgan fingerprint density at radius 2 is 1.85 bits per heavy atom.